The standard InChI is InChI=1S/C15H21N3O/c1-11-9-16-13-5-3-4-6-14(13)18(11)10-15(19)17(2)12-7-8-12/h3-6,11-12,16H,7-10H2,1-2H3. The fraction of sp³-hybridized carbons (Fsp3) is 0.533. The van der Waals surface area contributed by atoms with Crippen LogP contribution < -0.4 is 10.2 Å². The molecule has 1 saturated carbocycles. The van der Waals surface area contributed by atoms with Gasteiger partial charge < -0.3 is 15.1 Å². The van der Waals surface area contributed by atoms with E-state index in [0.29, 0.717) is 18.6 Å². The Balaban J connectivity index is 1.77. The Morgan fingerprint density at radius 3 is 2.89 bits per heavy atom. The molecule has 1 heterocycles. The van der Waals surface area contributed by atoms with Gasteiger partial charge >= 0.3 is 0 Å². The summed E-state index contributed by atoms with van der Waals surface area (Å²) in [4.78, 5) is 16.4. The predicted octanol–water partition coefficient (Wildman–Crippen LogP) is 1.93. The lowest BCUT2D eigenvalue weighted by Gasteiger charge is -2.38. The Bertz CT molecular complexity index is 484. The van der Waals surface area contributed by atoms with Crippen LogP contribution in [0, 0.1) is 0 Å². The maximum atomic E-state index is 12.3. The van der Waals surface area contributed by atoms with Crippen molar-refractivity contribution in [2.45, 2.75) is 31.8 Å². The first-order chi connectivity index (χ1) is 9.16. The minimum absolute atomic E-state index is 0.228. The van der Waals surface area contributed by atoms with Crippen LogP contribution in [-0.2, 0) is 4.79 Å². The summed E-state index contributed by atoms with van der Waals surface area (Å²) in [6, 6.07) is 9.04. The van der Waals surface area contributed by atoms with Gasteiger partial charge in [0.15, 0.2) is 0 Å². The number of amides is 1. The normalized spacial score (nSPS) is 21.6. The predicted molar refractivity (Wildman–Crippen MR) is 77.5 cm³/mol. The van der Waals surface area contributed by atoms with Gasteiger partial charge in [0.2, 0.25) is 5.91 Å². The topological polar surface area (TPSA) is 35.6 Å². The van der Waals surface area contributed by atoms with Crippen LogP contribution in [0.1, 0.15) is 19.8 Å². The number of anilines is 2. The molecule has 0 aromatic heterocycles. The van der Waals surface area contributed by atoms with Crippen molar-refractivity contribution >= 4 is 17.3 Å². The highest BCUT2D eigenvalue weighted by molar-refractivity contribution is 5.84. The van der Waals surface area contributed by atoms with E-state index in [0.717, 1.165) is 30.8 Å². The molecule has 1 amide bonds. The van der Waals surface area contributed by atoms with E-state index in [9.17, 15) is 4.79 Å². The summed E-state index contributed by atoms with van der Waals surface area (Å²) < 4.78 is 0. The Morgan fingerprint density at radius 2 is 2.16 bits per heavy atom. The largest absolute Gasteiger partial charge is 0.381 e. The van der Waals surface area contributed by atoms with Gasteiger partial charge in [-0.2, -0.15) is 0 Å². The molecule has 1 unspecified atom stereocenters. The third kappa shape index (κ3) is 2.39. The van der Waals surface area contributed by atoms with Crippen molar-refractivity contribution in [3.8, 4) is 0 Å². The van der Waals surface area contributed by atoms with E-state index in [1.54, 1.807) is 0 Å². The summed E-state index contributed by atoms with van der Waals surface area (Å²) in [7, 11) is 1.93. The monoisotopic (exact) mass is 259 g/mol. The number of hydrogen-bond acceptors (Lipinski definition) is 3. The third-order valence-electron chi connectivity index (χ3n) is 4.13. The van der Waals surface area contributed by atoms with Crippen LogP contribution in [-0.4, -0.2) is 43.0 Å². The molecule has 1 atom stereocenters. The zero-order valence-corrected chi connectivity index (χ0v) is 11.6. The van der Waals surface area contributed by atoms with E-state index in [4.69, 9.17) is 0 Å². The van der Waals surface area contributed by atoms with E-state index >= 15 is 0 Å². The van der Waals surface area contributed by atoms with E-state index < -0.39 is 0 Å². The van der Waals surface area contributed by atoms with E-state index in [-0.39, 0.29) is 5.91 Å². The molecular weight excluding hydrogens is 238 g/mol. The highest BCUT2D eigenvalue weighted by Gasteiger charge is 2.32. The zero-order chi connectivity index (χ0) is 13.4. The number of nitrogens with one attached hydrogen (secondary N) is 1. The highest BCUT2D eigenvalue weighted by Crippen LogP contribution is 2.31. The SMILES string of the molecule is CC1CNc2ccccc2N1CC(=O)N(C)C1CC1. The quantitative estimate of drug-likeness (QED) is 0.901. The first-order valence-electron chi connectivity index (χ1n) is 7.02. The number of para-hydroxylation sites is 2. The van der Waals surface area contributed by atoms with E-state index in [2.05, 4.69) is 29.3 Å². The van der Waals surface area contributed by atoms with Crippen molar-refractivity contribution < 1.29 is 4.79 Å². The van der Waals surface area contributed by atoms with E-state index in [1.807, 2.05) is 24.1 Å². The maximum Gasteiger partial charge on any atom is 0.242 e. The average molecular weight is 259 g/mol. The van der Waals surface area contributed by atoms with Crippen molar-refractivity contribution in [3.05, 3.63) is 24.3 Å². The van der Waals surface area contributed by atoms with Crippen LogP contribution >= 0.6 is 0 Å². The number of likely N-dealkylation sites (N-methyl/N-ethyl adjacent to an activating group) is 1. The minimum atomic E-state index is 0.228. The van der Waals surface area contributed by atoms with Crippen LogP contribution in [0.2, 0.25) is 0 Å². The first kappa shape index (κ1) is 12.3. The summed E-state index contributed by atoms with van der Waals surface area (Å²) in [5.41, 5.74) is 2.27. The lowest BCUT2D eigenvalue weighted by atomic mass is 10.1. The molecule has 1 aromatic carbocycles. The second-order valence-electron chi connectivity index (χ2n) is 5.61. The molecule has 1 aliphatic heterocycles. The number of carbonyl (C=O) groups is 1. The number of nitrogens with zero attached hydrogens (tertiary/aromatic N) is 2. The molecule has 3 rings (SSSR count). The fourth-order valence-electron chi connectivity index (χ4n) is 2.64. The molecule has 19 heavy (non-hydrogen) atoms. The van der Waals surface area contributed by atoms with E-state index in [1.165, 1.54) is 0 Å². The lowest BCUT2D eigenvalue weighted by molar-refractivity contribution is -0.129. The number of benzene rings is 1. The number of rotatable bonds is 3. The number of fused-ring (bicyclic) bond motifs is 1. The minimum Gasteiger partial charge on any atom is -0.381 e. The van der Waals surface area contributed by atoms with Crippen molar-refractivity contribution in [2.75, 3.05) is 30.4 Å². The summed E-state index contributed by atoms with van der Waals surface area (Å²) >= 11 is 0. The molecule has 0 saturated heterocycles. The maximum absolute atomic E-state index is 12.3. The molecule has 0 radical (unpaired) electrons. The van der Waals surface area contributed by atoms with Gasteiger partial charge in [-0.05, 0) is 31.9 Å². The van der Waals surface area contributed by atoms with Crippen molar-refractivity contribution in [1.29, 1.82) is 0 Å². The van der Waals surface area contributed by atoms with Gasteiger partial charge in [0, 0.05) is 25.7 Å². The molecule has 0 bridgehead atoms. The molecule has 4 heteroatoms. The van der Waals surface area contributed by atoms with Gasteiger partial charge in [-0.1, -0.05) is 12.1 Å². The van der Waals surface area contributed by atoms with Crippen molar-refractivity contribution in [1.82, 2.24) is 4.90 Å². The van der Waals surface area contributed by atoms with Gasteiger partial charge in [0.1, 0.15) is 0 Å². The fourth-order valence-corrected chi connectivity index (χ4v) is 2.64. The molecule has 1 fully saturated rings. The molecule has 102 valence electrons. The van der Waals surface area contributed by atoms with Gasteiger partial charge in [-0.25, -0.2) is 0 Å². The Labute approximate surface area is 114 Å². The molecule has 2 aliphatic rings. The Hall–Kier alpha value is -1.71. The molecular formula is C15H21N3O. The summed E-state index contributed by atoms with van der Waals surface area (Å²) in [5, 5.41) is 3.41. The Kier molecular flexibility index (Phi) is 3.09. The first-order valence-corrected chi connectivity index (χ1v) is 7.02. The average Bonchev–Trinajstić information content (AvgIpc) is 3.25. The van der Waals surface area contributed by atoms with Crippen molar-refractivity contribution in [2.24, 2.45) is 0 Å². The summed E-state index contributed by atoms with van der Waals surface area (Å²) in [5.74, 6) is 0.228. The molecule has 1 aliphatic carbocycles. The second-order valence-corrected chi connectivity index (χ2v) is 5.61. The summed E-state index contributed by atoms with van der Waals surface area (Å²) in [6.45, 7) is 3.53. The highest BCUT2D eigenvalue weighted by atomic mass is 16.2. The number of carbonyl (C=O) groups excluding carboxylic acids is 1. The molecule has 1 N–H and O–H groups in total. The van der Waals surface area contributed by atoms with Crippen LogP contribution in [0.25, 0.3) is 0 Å². The third-order valence-corrected chi connectivity index (χ3v) is 4.13. The van der Waals surface area contributed by atoms with Crippen LogP contribution in [0.5, 0.6) is 0 Å². The van der Waals surface area contributed by atoms with Crippen LogP contribution in [0.15, 0.2) is 24.3 Å². The summed E-state index contributed by atoms with van der Waals surface area (Å²) in [6.07, 6.45) is 2.33. The smallest absolute Gasteiger partial charge is 0.242 e. The Morgan fingerprint density at radius 1 is 1.42 bits per heavy atom. The molecule has 4 nitrogen and oxygen atoms in total. The number of hydrogen-bond donors (Lipinski definition) is 1. The van der Waals surface area contributed by atoms with Gasteiger partial charge in [0.05, 0.1) is 17.9 Å². The molecule has 0 spiro atoms. The second kappa shape index (κ2) is 4.76. The van der Waals surface area contributed by atoms with Crippen LogP contribution in [0.3, 0.4) is 0 Å². The van der Waals surface area contributed by atoms with Crippen LogP contribution in [0.4, 0.5) is 11.4 Å². The van der Waals surface area contributed by atoms with Gasteiger partial charge in [-0.15, -0.1) is 0 Å². The molecule has 1 aromatic rings. The van der Waals surface area contributed by atoms with Crippen molar-refractivity contribution in [3.63, 3.8) is 0 Å². The lowest BCUT2D eigenvalue weighted by Crippen LogP contribution is -2.48. The van der Waals surface area contributed by atoms with Gasteiger partial charge in [0.25, 0.3) is 0 Å². The zero-order valence-electron chi connectivity index (χ0n) is 11.6. The van der Waals surface area contributed by atoms with Gasteiger partial charge in [-0.3, -0.25) is 4.79 Å².